The van der Waals surface area contributed by atoms with Crippen LogP contribution in [0.15, 0.2) is 30.3 Å². The number of hydrogen-bond donors (Lipinski definition) is 0. The smallest absolute Gasteiger partial charge is 0.308 e. The minimum atomic E-state index is -0.108. The zero-order valence-electron chi connectivity index (χ0n) is 13.3. The average Bonchev–Trinajstić information content (AvgIpc) is 2.50. The number of methoxy groups -OCH3 is 1. The minimum Gasteiger partial charge on any atom is -0.469 e. The number of esters is 1. The molecule has 4 heteroatoms. The van der Waals surface area contributed by atoms with Crippen molar-refractivity contribution >= 4 is 5.97 Å². The molecule has 2 atom stereocenters. The SMILES string of the molecule is COC(=O)C(C)CC1CN(C)CCN1Cc1ccccc1. The lowest BCUT2D eigenvalue weighted by molar-refractivity contribution is -0.145. The van der Waals surface area contributed by atoms with E-state index in [9.17, 15) is 4.79 Å². The Morgan fingerprint density at radius 1 is 1.33 bits per heavy atom. The van der Waals surface area contributed by atoms with Gasteiger partial charge in [0.1, 0.15) is 0 Å². The number of likely N-dealkylation sites (N-methyl/N-ethyl adjacent to an activating group) is 1. The molecule has 1 aliphatic heterocycles. The minimum absolute atomic E-state index is 0.0511. The van der Waals surface area contributed by atoms with E-state index in [1.807, 2.05) is 13.0 Å². The number of hydrogen-bond acceptors (Lipinski definition) is 4. The van der Waals surface area contributed by atoms with E-state index < -0.39 is 0 Å². The molecule has 1 aromatic carbocycles. The van der Waals surface area contributed by atoms with Gasteiger partial charge in [-0.3, -0.25) is 9.69 Å². The largest absolute Gasteiger partial charge is 0.469 e. The number of benzene rings is 1. The fourth-order valence-electron chi connectivity index (χ4n) is 3.00. The van der Waals surface area contributed by atoms with Crippen LogP contribution in [0.1, 0.15) is 18.9 Å². The normalized spacial score (nSPS) is 22.0. The quantitative estimate of drug-likeness (QED) is 0.777. The van der Waals surface area contributed by atoms with E-state index >= 15 is 0 Å². The first-order valence-corrected chi connectivity index (χ1v) is 7.64. The first-order valence-electron chi connectivity index (χ1n) is 7.64. The number of rotatable bonds is 5. The van der Waals surface area contributed by atoms with E-state index in [1.54, 1.807) is 0 Å². The summed E-state index contributed by atoms with van der Waals surface area (Å²) in [5, 5.41) is 0. The van der Waals surface area contributed by atoms with Gasteiger partial charge in [0, 0.05) is 32.2 Å². The third kappa shape index (κ3) is 4.55. The van der Waals surface area contributed by atoms with Crippen molar-refractivity contribution in [2.45, 2.75) is 25.9 Å². The van der Waals surface area contributed by atoms with Gasteiger partial charge in [0.05, 0.1) is 13.0 Å². The Hall–Kier alpha value is -1.39. The summed E-state index contributed by atoms with van der Waals surface area (Å²) in [6.07, 6.45) is 0.851. The Kier molecular flexibility index (Phi) is 5.76. The van der Waals surface area contributed by atoms with E-state index in [0.717, 1.165) is 32.6 Å². The number of carbonyl (C=O) groups is 1. The molecule has 4 nitrogen and oxygen atoms in total. The van der Waals surface area contributed by atoms with Gasteiger partial charge in [-0.1, -0.05) is 37.3 Å². The number of piperazine rings is 1. The first kappa shape index (κ1) is 16.0. The summed E-state index contributed by atoms with van der Waals surface area (Å²) in [6.45, 7) is 6.04. The highest BCUT2D eigenvalue weighted by Crippen LogP contribution is 2.20. The van der Waals surface area contributed by atoms with Crippen LogP contribution in [0.2, 0.25) is 0 Å². The van der Waals surface area contributed by atoms with Gasteiger partial charge in [-0.2, -0.15) is 0 Å². The van der Waals surface area contributed by atoms with Crippen molar-refractivity contribution in [3.63, 3.8) is 0 Å². The summed E-state index contributed by atoms with van der Waals surface area (Å²) >= 11 is 0. The van der Waals surface area contributed by atoms with Crippen molar-refractivity contribution in [1.29, 1.82) is 0 Å². The second-order valence-corrected chi connectivity index (χ2v) is 6.03. The second kappa shape index (κ2) is 7.57. The first-order chi connectivity index (χ1) is 10.1. The molecule has 21 heavy (non-hydrogen) atoms. The number of ether oxygens (including phenoxy) is 1. The standard InChI is InChI=1S/C17H26N2O2/c1-14(17(20)21-3)11-16-13-18(2)9-10-19(16)12-15-7-5-4-6-8-15/h4-8,14,16H,9-13H2,1-3H3. The number of carbonyl (C=O) groups excluding carboxylic acids is 1. The second-order valence-electron chi connectivity index (χ2n) is 6.03. The van der Waals surface area contributed by atoms with Crippen molar-refractivity contribution in [3.05, 3.63) is 35.9 Å². The van der Waals surface area contributed by atoms with Gasteiger partial charge in [-0.05, 0) is 19.0 Å². The van der Waals surface area contributed by atoms with Crippen molar-refractivity contribution in [2.24, 2.45) is 5.92 Å². The van der Waals surface area contributed by atoms with Gasteiger partial charge < -0.3 is 9.64 Å². The Bertz CT molecular complexity index is 449. The van der Waals surface area contributed by atoms with Crippen molar-refractivity contribution in [1.82, 2.24) is 9.80 Å². The predicted octanol–water partition coefficient (Wildman–Crippen LogP) is 2.00. The van der Waals surface area contributed by atoms with Gasteiger partial charge in [-0.15, -0.1) is 0 Å². The maximum atomic E-state index is 11.7. The van der Waals surface area contributed by atoms with Crippen LogP contribution >= 0.6 is 0 Å². The maximum Gasteiger partial charge on any atom is 0.308 e. The molecule has 0 amide bonds. The summed E-state index contributed by atoms with van der Waals surface area (Å²) in [5.41, 5.74) is 1.33. The van der Waals surface area contributed by atoms with Gasteiger partial charge in [-0.25, -0.2) is 0 Å². The molecule has 0 spiro atoms. The molecular weight excluding hydrogens is 264 g/mol. The maximum absolute atomic E-state index is 11.7. The summed E-state index contributed by atoms with van der Waals surface area (Å²) in [5.74, 6) is -0.160. The van der Waals surface area contributed by atoms with E-state index in [-0.39, 0.29) is 11.9 Å². The molecular formula is C17H26N2O2. The third-order valence-electron chi connectivity index (χ3n) is 4.27. The summed E-state index contributed by atoms with van der Waals surface area (Å²) in [6, 6.07) is 10.9. The molecule has 1 aromatic rings. The van der Waals surface area contributed by atoms with Gasteiger partial charge >= 0.3 is 5.97 Å². The van der Waals surface area contributed by atoms with Gasteiger partial charge in [0.15, 0.2) is 0 Å². The van der Waals surface area contributed by atoms with Crippen LogP contribution in [0.25, 0.3) is 0 Å². The molecule has 1 aliphatic rings. The Balaban J connectivity index is 2.01. The van der Waals surface area contributed by atoms with Gasteiger partial charge in [0.25, 0.3) is 0 Å². The zero-order chi connectivity index (χ0) is 15.2. The number of nitrogens with zero attached hydrogens (tertiary/aromatic N) is 2. The van der Waals surface area contributed by atoms with Crippen LogP contribution < -0.4 is 0 Å². The fourth-order valence-corrected chi connectivity index (χ4v) is 3.00. The lowest BCUT2D eigenvalue weighted by atomic mass is 9.98. The van der Waals surface area contributed by atoms with Crippen molar-refractivity contribution in [2.75, 3.05) is 33.8 Å². The Morgan fingerprint density at radius 2 is 2.05 bits per heavy atom. The Morgan fingerprint density at radius 3 is 2.71 bits per heavy atom. The van der Waals surface area contributed by atoms with Crippen LogP contribution in [0.4, 0.5) is 0 Å². The van der Waals surface area contributed by atoms with Gasteiger partial charge in [0.2, 0.25) is 0 Å². The topological polar surface area (TPSA) is 32.8 Å². The summed E-state index contributed by atoms with van der Waals surface area (Å²) in [4.78, 5) is 16.5. The molecule has 0 radical (unpaired) electrons. The van der Waals surface area contributed by atoms with Crippen LogP contribution in [0, 0.1) is 5.92 Å². The molecule has 0 N–H and O–H groups in total. The fraction of sp³-hybridized carbons (Fsp3) is 0.588. The molecule has 116 valence electrons. The molecule has 0 saturated carbocycles. The van der Waals surface area contributed by atoms with Crippen LogP contribution in [0.5, 0.6) is 0 Å². The van der Waals surface area contributed by atoms with Crippen LogP contribution in [-0.2, 0) is 16.1 Å². The third-order valence-corrected chi connectivity index (χ3v) is 4.27. The van der Waals surface area contributed by atoms with E-state index in [1.165, 1.54) is 12.7 Å². The van der Waals surface area contributed by atoms with Crippen LogP contribution in [0.3, 0.4) is 0 Å². The van der Waals surface area contributed by atoms with E-state index in [4.69, 9.17) is 4.74 Å². The molecule has 0 aliphatic carbocycles. The van der Waals surface area contributed by atoms with Crippen molar-refractivity contribution < 1.29 is 9.53 Å². The van der Waals surface area contributed by atoms with Crippen molar-refractivity contribution in [3.8, 4) is 0 Å². The molecule has 0 aromatic heterocycles. The average molecular weight is 290 g/mol. The molecule has 2 rings (SSSR count). The highest BCUT2D eigenvalue weighted by Gasteiger charge is 2.28. The van der Waals surface area contributed by atoms with E-state index in [0.29, 0.717) is 6.04 Å². The Labute approximate surface area is 127 Å². The highest BCUT2D eigenvalue weighted by molar-refractivity contribution is 5.71. The molecule has 1 saturated heterocycles. The lowest BCUT2D eigenvalue weighted by Crippen LogP contribution is -2.52. The zero-order valence-corrected chi connectivity index (χ0v) is 13.3. The summed E-state index contributed by atoms with van der Waals surface area (Å²) < 4.78 is 4.86. The monoisotopic (exact) mass is 290 g/mol. The molecule has 1 fully saturated rings. The highest BCUT2D eigenvalue weighted by atomic mass is 16.5. The molecule has 2 unspecified atom stereocenters. The van der Waals surface area contributed by atoms with E-state index in [2.05, 4.69) is 41.1 Å². The lowest BCUT2D eigenvalue weighted by Gasteiger charge is -2.41. The molecule has 1 heterocycles. The predicted molar refractivity (Wildman–Crippen MR) is 83.9 cm³/mol. The summed E-state index contributed by atoms with van der Waals surface area (Å²) in [7, 11) is 3.61. The van der Waals surface area contributed by atoms with Crippen LogP contribution in [-0.4, -0.2) is 55.6 Å². The molecule has 0 bridgehead atoms.